The van der Waals surface area contributed by atoms with E-state index in [-0.39, 0.29) is 12.2 Å². The van der Waals surface area contributed by atoms with Crippen molar-refractivity contribution >= 4 is 5.69 Å². The van der Waals surface area contributed by atoms with E-state index in [1.54, 1.807) is 23.0 Å². The lowest BCUT2D eigenvalue weighted by molar-refractivity contribution is -0.385. The monoisotopic (exact) mass is 290 g/mol. The summed E-state index contributed by atoms with van der Waals surface area (Å²) in [5.74, 6) is -0.176. The van der Waals surface area contributed by atoms with Crippen molar-refractivity contribution < 1.29 is 14.4 Å². The Morgan fingerprint density at radius 3 is 2.86 bits per heavy atom. The van der Waals surface area contributed by atoms with Gasteiger partial charge in [-0.1, -0.05) is 0 Å². The maximum atomic E-state index is 13.3. The van der Waals surface area contributed by atoms with Crippen molar-refractivity contribution in [2.45, 2.75) is 25.5 Å². The fourth-order valence-electron chi connectivity index (χ4n) is 2.47. The maximum absolute atomic E-state index is 13.3. The normalized spacial score (nSPS) is 15.9. The van der Waals surface area contributed by atoms with Gasteiger partial charge in [-0.25, -0.2) is 4.39 Å². The first-order valence-corrected chi connectivity index (χ1v) is 6.81. The van der Waals surface area contributed by atoms with Crippen LogP contribution in [0.15, 0.2) is 36.7 Å². The van der Waals surface area contributed by atoms with Crippen LogP contribution >= 0.6 is 0 Å². The molecule has 1 aromatic heterocycles. The highest BCUT2D eigenvalue weighted by atomic mass is 19.1. The minimum atomic E-state index is -0.516. The Labute approximate surface area is 120 Å². The van der Waals surface area contributed by atoms with Gasteiger partial charge in [-0.3, -0.25) is 10.1 Å². The summed E-state index contributed by atoms with van der Waals surface area (Å²) in [6.45, 7) is 0.200. The SMILES string of the molecule is O=[N+]([O-])c1ccc(F)cc1Cn1ccc(C(O)C2CC2)c1. The summed E-state index contributed by atoms with van der Waals surface area (Å²) >= 11 is 0. The summed E-state index contributed by atoms with van der Waals surface area (Å²) in [7, 11) is 0. The molecule has 0 amide bonds. The van der Waals surface area contributed by atoms with Crippen LogP contribution in [-0.2, 0) is 6.54 Å². The number of nitrogens with zero attached hydrogens (tertiary/aromatic N) is 2. The van der Waals surface area contributed by atoms with Gasteiger partial charge in [0.1, 0.15) is 5.82 Å². The zero-order chi connectivity index (χ0) is 15.0. The van der Waals surface area contributed by atoms with E-state index in [0.29, 0.717) is 11.5 Å². The van der Waals surface area contributed by atoms with E-state index < -0.39 is 16.8 Å². The second-order valence-corrected chi connectivity index (χ2v) is 5.43. The molecule has 21 heavy (non-hydrogen) atoms. The Kier molecular flexibility index (Phi) is 3.47. The lowest BCUT2D eigenvalue weighted by Gasteiger charge is -2.07. The van der Waals surface area contributed by atoms with Gasteiger partial charge in [0, 0.05) is 18.5 Å². The van der Waals surface area contributed by atoms with E-state index in [2.05, 4.69) is 0 Å². The Morgan fingerprint density at radius 1 is 1.43 bits per heavy atom. The van der Waals surface area contributed by atoms with Gasteiger partial charge in [0.25, 0.3) is 5.69 Å². The number of nitro benzene ring substituents is 1. The second-order valence-electron chi connectivity index (χ2n) is 5.43. The standard InChI is InChI=1S/C15H15FN2O3/c16-13-3-4-14(18(20)21)12(7-13)9-17-6-5-11(8-17)15(19)10-1-2-10/h3-8,10,15,19H,1-2,9H2. The lowest BCUT2D eigenvalue weighted by atomic mass is 10.1. The van der Waals surface area contributed by atoms with Gasteiger partial charge < -0.3 is 9.67 Å². The van der Waals surface area contributed by atoms with Crippen molar-refractivity contribution in [1.82, 2.24) is 4.57 Å². The van der Waals surface area contributed by atoms with Gasteiger partial charge in [0.05, 0.1) is 23.1 Å². The summed E-state index contributed by atoms with van der Waals surface area (Å²) in [6, 6.07) is 5.23. The number of aliphatic hydroxyl groups is 1. The molecule has 0 radical (unpaired) electrons. The van der Waals surface area contributed by atoms with Gasteiger partial charge >= 0.3 is 0 Å². The van der Waals surface area contributed by atoms with E-state index in [1.165, 1.54) is 12.1 Å². The molecule has 1 saturated carbocycles. The number of aliphatic hydroxyl groups excluding tert-OH is 1. The summed E-state index contributed by atoms with van der Waals surface area (Å²) < 4.78 is 15.0. The van der Waals surface area contributed by atoms with Crippen molar-refractivity contribution in [2.24, 2.45) is 5.92 Å². The molecular weight excluding hydrogens is 275 g/mol. The van der Waals surface area contributed by atoms with Crippen LogP contribution in [0.3, 0.4) is 0 Å². The zero-order valence-corrected chi connectivity index (χ0v) is 11.3. The van der Waals surface area contributed by atoms with Gasteiger partial charge in [-0.15, -0.1) is 0 Å². The second kappa shape index (κ2) is 5.29. The number of benzene rings is 1. The highest BCUT2D eigenvalue weighted by Gasteiger charge is 2.31. The Balaban J connectivity index is 1.83. The molecule has 5 nitrogen and oxygen atoms in total. The smallest absolute Gasteiger partial charge is 0.274 e. The molecule has 2 aromatic rings. The molecule has 0 saturated heterocycles. The topological polar surface area (TPSA) is 68.3 Å². The molecule has 1 N–H and O–H groups in total. The molecule has 1 fully saturated rings. The van der Waals surface area contributed by atoms with Gasteiger partial charge in [0.15, 0.2) is 0 Å². The molecule has 1 aromatic carbocycles. The van der Waals surface area contributed by atoms with E-state index in [0.717, 1.165) is 24.5 Å². The number of rotatable bonds is 5. The predicted octanol–water partition coefficient (Wildman–Crippen LogP) is 3.03. The van der Waals surface area contributed by atoms with E-state index >= 15 is 0 Å². The van der Waals surface area contributed by atoms with Crippen LogP contribution in [0.2, 0.25) is 0 Å². The maximum Gasteiger partial charge on any atom is 0.274 e. The van der Waals surface area contributed by atoms with Crippen molar-refractivity contribution in [1.29, 1.82) is 0 Å². The molecule has 0 aliphatic heterocycles. The largest absolute Gasteiger partial charge is 0.388 e. The lowest BCUT2D eigenvalue weighted by Crippen LogP contribution is -2.03. The van der Waals surface area contributed by atoms with Crippen molar-refractivity contribution in [3.63, 3.8) is 0 Å². The summed E-state index contributed by atoms with van der Waals surface area (Å²) in [6.07, 6.45) is 5.09. The third-order valence-corrected chi connectivity index (χ3v) is 3.77. The number of nitro groups is 1. The fourth-order valence-corrected chi connectivity index (χ4v) is 2.47. The average Bonchev–Trinajstić information content (AvgIpc) is 3.18. The summed E-state index contributed by atoms with van der Waals surface area (Å²) in [5.41, 5.74) is 1.01. The van der Waals surface area contributed by atoms with Crippen LogP contribution in [0.1, 0.15) is 30.1 Å². The molecule has 1 heterocycles. The number of hydrogen-bond donors (Lipinski definition) is 1. The van der Waals surface area contributed by atoms with Crippen LogP contribution in [-0.4, -0.2) is 14.6 Å². The zero-order valence-electron chi connectivity index (χ0n) is 11.3. The number of aromatic nitrogens is 1. The molecule has 1 aliphatic carbocycles. The molecule has 1 atom stereocenters. The van der Waals surface area contributed by atoms with E-state index in [1.807, 2.05) is 0 Å². The Bertz CT molecular complexity index is 679. The molecular formula is C15H15FN2O3. The first kappa shape index (κ1) is 13.8. The van der Waals surface area contributed by atoms with Gasteiger partial charge in [-0.05, 0) is 42.5 Å². The van der Waals surface area contributed by atoms with Crippen LogP contribution in [0.4, 0.5) is 10.1 Å². The average molecular weight is 290 g/mol. The third kappa shape index (κ3) is 2.95. The van der Waals surface area contributed by atoms with Crippen molar-refractivity contribution in [2.75, 3.05) is 0 Å². The number of halogens is 1. The minimum Gasteiger partial charge on any atom is -0.388 e. The molecule has 0 spiro atoms. The van der Waals surface area contributed by atoms with Crippen LogP contribution in [0, 0.1) is 21.8 Å². The number of hydrogen-bond acceptors (Lipinski definition) is 3. The summed E-state index contributed by atoms with van der Waals surface area (Å²) in [4.78, 5) is 10.5. The molecule has 6 heteroatoms. The molecule has 0 bridgehead atoms. The van der Waals surface area contributed by atoms with Crippen LogP contribution in [0.25, 0.3) is 0 Å². The quantitative estimate of drug-likeness (QED) is 0.679. The summed E-state index contributed by atoms with van der Waals surface area (Å²) in [5, 5.41) is 21.0. The van der Waals surface area contributed by atoms with E-state index in [9.17, 15) is 19.6 Å². The third-order valence-electron chi connectivity index (χ3n) is 3.77. The highest BCUT2D eigenvalue weighted by Crippen LogP contribution is 2.40. The molecule has 1 unspecified atom stereocenters. The van der Waals surface area contributed by atoms with Crippen LogP contribution < -0.4 is 0 Å². The van der Waals surface area contributed by atoms with Crippen LogP contribution in [0.5, 0.6) is 0 Å². The molecule has 1 aliphatic rings. The van der Waals surface area contributed by atoms with Gasteiger partial charge in [-0.2, -0.15) is 0 Å². The Hall–Kier alpha value is -2.21. The molecule has 110 valence electrons. The van der Waals surface area contributed by atoms with Gasteiger partial charge in [0.2, 0.25) is 0 Å². The first-order valence-electron chi connectivity index (χ1n) is 6.81. The highest BCUT2D eigenvalue weighted by molar-refractivity contribution is 5.40. The van der Waals surface area contributed by atoms with E-state index in [4.69, 9.17) is 0 Å². The Morgan fingerprint density at radius 2 is 2.19 bits per heavy atom. The van der Waals surface area contributed by atoms with Crippen molar-refractivity contribution in [3.8, 4) is 0 Å². The fraction of sp³-hybridized carbons (Fsp3) is 0.333. The molecule has 3 rings (SSSR count). The first-order chi connectivity index (χ1) is 10.0. The minimum absolute atomic E-state index is 0.102. The predicted molar refractivity (Wildman–Crippen MR) is 74.3 cm³/mol. The van der Waals surface area contributed by atoms with Crippen molar-refractivity contribution in [3.05, 3.63) is 63.7 Å².